The highest BCUT2D eigenvalue weighted by Gasteiger charge is 2.25. The van der Waals surface area contributed by atoms with E-state index in [0.717, 1.165) is 29.7 Å². The van der Waals surface area contributed by atoms with Crippen molar-refractivity contribution in [3.63, 3.8) is 0 Å². The molecule has 4 rings (SSSR count). The zero-order valence-corrected chi connectivity index (χ0v) is 25.6. The third-order valence-electron chi connectivity index (χ3n) is 7.92. The van der Waals surface area contributed by atoms with E-state index in [0.29, 0.717) is 25.1 Å². The number of aromatic amines is 1. The van der Waals surface area contributed by atoms with Crippen LogP contribution in [0.1, 0.15) is 73.5 Å². The summed E-state index contributed by atoms with van der Waals surface area (Å²) in [5, 5.41) is 1.17. The number of amides is 2. The third-order valence-corrected chi connectivity index (χ3v) is 7.92. The van der Waals surface area contributed by atoms with Crippen LogP contribution in [0.3, 0.4) is 0 Å². The van der Waals surface area contributed by atoms with Gasteiger partial charge in [-0.2, -0.15) is 0 Å². The molecule has 0 spiro atoms. The van der Waals surface area contributed by atoms with E-state index in [-0.39, 0.29) is 24.4 Å². The Morgan fingerprint density at radius 1 is 0.857 bits per heavy atom. The second-order valence-corrected chi connectivity index (χ2v) is 11.3. The van der Waals surface area contributed by atoms with E-state index < -0.39 is 0 Å². The number of methoxy groups -OCH3 is 1. The molecule has 0 aliphatic heterocycles. The summed E-state index contributed by atoms with van der Waals surface area (Å²) in [5.74, 6) is 0.594. The number of aromatic nitrogens is 1. The van der Waals surface area contributed by atoms with Crippen LogP contribution in [0, 0.1) is 0 Å². The van der Waals surface area contributed by atoms with Gasteiger partial charge in [0.25, 0.3) is 5.91 Å². The molecule has 0 aliphatic rings. The maximum Gasteiger partial charge on any atom is 0.254 e. The first-order chi connectivity index (χ1) is 20.4. The van der Waals surface area contributed by atoms with Gasteiger partial charge >= 0.3 is 0 Å². The molecule has 0 saturated heterocycles. The van der Waals surface area contributed by atoms with Crippen molar-refractivity contribution in [2.24, 2.45) is 0 Å². The van der Waals surface area contributed by atoms with Gasteiger partial charge in [-0.25, -0.2) is 0 Å². The molecule has 4 aromatic rings. The molecule has 3 aromatic carbocycles. The molecule has 6 nitrogen and oxygen atoms in total. The van der Waals surface area contributed by atoms with Gasteiger partial charge < -0.3 is 19.5 Å². The molecule has 2 amide bonds. The molecule has 222 valence electrons. The molecule has 0 radical (unpaired) electrons. The number of para-hydroxylation sites is 1. The predicted octanol–water partition coefficient (Wildman–Crippen LogP) is 7.42. The molecule has 0 aliphatic carbocycles. The third kappa shape index (κ3) is 8.25. The van der Waals surface area contributed by atoms with Crippen molar-refractivity contribution in [1.82, 2.24) is 14.8 Å². The normalized spacial score (nSPS) is 11.2. The first kappa shape index (κ1) is 30.9. The number of nitrogens with one attached hydrogen (secondary N) is 1. The smallest absolute Gasteiger partial charge is 0.254 e. The van der Waals surface area contributed by atoms with Crippen LogP contribution in [0.4, 0.5) is 0 Å². The van der Waals surface area contributed by atoms with Crippen LogP contribution in [-0.4, -0.2) is 52.8 Å². The van der Waals surface area contributed by atoms with Crippen LogP contribution in [0.25, 0.3) is 10.9 Å². The Bertz CT molecular complexity index is 1420. The highest BCUT2D eigenvalue weighted by Crippen LogP contribution is 2.20. The van der Waals surface area contributed by atoms with Crippen LogP contribution in [0.2, 0.25) is 0 Å². The number of fused-ring (bicyclic) bond motifs is 1. The average molecular weight is 568 g/mol. The second kappa shape index (κ2) is 15.2. The average Bonchev–Trinajstić information content (AvgIpc) is 3.43. The Kier molecular flexibility index (Phi) is 11.2. The van der Waals surface area contributed by atoms with Crippen LogP contribution < -0.4 is 4.74 Å². The molecule has 1 N–H and O–H groups in total. The fraction of sp³-hybridized carbons (Fsp3) is 0.389. The van der Waals surface area contributed by atoms with E-state index in [1.165, 1.54) is 35.8 Å². The molecule has 6 heteroatoms. The van der Waals surface area contributed by atoms with Gasteiger partial charge in [-0.15, -0.1) is 0 Å². The molecule has 42 heavy (non-hydrogen) atoms. The number of benzene rings is 3. The topological polar surface area (TPSA) is 65.6 Å². The minimum Gasteiger partial charge on any atom is -0.497 e. The van der Waals surface area contributed by atoms with Crippen LogP contribution in [-0.2, 0) is 24.2 Å². The van der Waals surface area contributed by atoms with Gasteiger partial charge in [0, 0.05) is 41.8 Å². The quantitative estimate of drug-likeness (QED) is 0.152. The van der Waals surface area contributed by atoms with Crippen molar-refractivity contribution < 1.29 is 14.3 Å². The van der Waals surface area contributed by atoms with Crippen molar-refractivity contribution in [3.8, 4) is 5.75 Å². The molecule has 0 fully saturated rings. The molecule has 0 bridgehead atoms. The zero-order valence-electron chi connectivity index (χ0n) is 25.6. The number of carbonyl (C=O) groups is 2. The van der Waals surface area contributed by atoms with Crippen molar-refractivity contribution >= 4 is 22.7 Å². The van der Waals surface area contributed by atoms with Gasteiger partial charge in [0.1, 0.15) is 12.3 Å². The summed E-state index contributed by atoms with van der Waals surface area (Å²) in [5.41, 5.74) is 5.14. The standard InChI is InChI=1S/C36H45N3O3/c1-5-6-7-8-11-28-14-18-30(19-15-28)36(41)39(27(2)3)26-35(40)38(25-29-16-20-32(42-4)21-17-29)23-22-31-24-37-34-13-10-9-12-33(31)34/h9-10,12-21,24,27,37H,5-8,11,22-23,25-26H2,1-4H3. The monoisotopic (exact) mass is 567 g/mol. The fourth-order valence-corrected chi connectivity index (χ4v) is 5.31. The summed E-state index contributed by atoms with van der Waals surface area (Å²) >= 11 is 0. The van der Waals surface area contributed by atoms with E-state index in [4.69, 9.17) is 4.74 Å². The Labute approximate surface area is 250 Å². The minimum atomic E-state index is -0.119. The number of aryl methyl sites for hydroxylation is 1. The van der Waals surface area contributed by atoms with Crippen molar-refractivity contribution in [2.75, 3.05) is 20.2 Å². The first-order valence-electron chi connectivity index (χ1n) is 15.2. The SMILES string of the molecule is CCCCCCc1ccc(C(=O)N(CC(=O)N(CCc2c[nH]c3ccccc23)Cc2ccc(OC)cc2)C(C)C)cc1. The van der Waals surface area contributed by atoms with Crippen LogP contribution in [0.5, 0.6) is 5.75 Å². The lowest BCUT2D eigenvalue weighted by molar-refractivity contribution is -0.132. The fourth-order valence-electron chi connectivity index (χ4n) is 5.31. The maximum absolute atomic E-state index is 13.9. The Morgan fingerprint density at radius 2 is 1.57 bits per heavy atom. The number of H-pyrrole nitrogens is 1. The Balaban J connectivity index is 1.48. The lowest BCUT2D eigenvalue weighted by Gasteiger charge is -2.30. The van der Waals surface area contributed by atoms with E-state index >= 15 is 0 Å². The van der Waals surface area contributed by atoms with Gasteiger partial charge in [-0.1, -0.05) is 68.7 Å². The summed E-state index contributed by atoms with van der Waals surface area (Å²) < 4.78 is 5.31. The lowest BCUT2D eigenvalue weighted by atomic mass is 10.0. The van der Waals surface area contributed by atoms with Crippen molar-refractivity contribution in [2.45, 2.75) is 71.9 Å². The van der Waals surface area contributed by atoms with E-state index in [1.807, 2.05) is 73.5 Å². The number of unbranched alkanes of at least 4 members (excludes halogenated alkanes) is 3. The number of ether oxygens (including phenoxy) is 1. The number of carbonyl (C=O) groups excluding carboxylic acids is 2. The largest absolute Gasteiger partial charge is 0.497 e. The summed E-state index contributed by atoms with van der Waals surface area (Å²) in [6.45, 7) is 7.17. The van der Waals surface area contributed by atoms with Crippen LogP contribution >= 0.6 is 0 Å². The summed E-state index contributed by atoms with van der Waals surface area (Å²) in [6.07, 6.45) is 8.63. The van der Waals surface area contributed by atoms with Gasteiger partial charge in [-0.05, 0) is 80.1 Å². The number of nitrogens with zero attached hydrogens (tertiary/aromatic N) is 2. The van der Waals surface area contributed by atoms with Crippen molar-refractivity contribution in [1.29, 1.82) is 0 Å². The zero-order chi connectivity index (χ0) is 29.9. The lowest BCUT2D eigenvalue weighted by Crippen LogP contribution is -2.46. The molecular formula is C36H45N3O3. The molecular weight excluding hydrogens is 522 g/mol. The first-order valence-corrected chi connectivity index (χ1v) is 15.2. The summed E-state index contributed by atoms with van der Waals surface area (Å²) in [4.78, 5) is 34.4. The van der Waals surface area contributed by atoms with Crippen LogP contribution in [0.15, 0.2) is 79.0 Å². The summed E-state index contributed by atoms with van der Waals surface area (Å²) in [6, 6.07) is 23.8. The molecule has 1 aromatic heterocycles. The number of rotatable bonds is 15. The Hall–Kier alpha value is -4.06. The van der Waals surface area contributed by atoms with E-state index in [1.54, 1.807) is 12.0 Å². The highest BCUT2D eigenvalue weighted by atomic mass is 16.5. The van der Waals surface area contributed by atoms with Gasteiger partial charge in [0.05, 0.1) is 7.11 Å². The van der Waals surface area contributed by atoms with Gasteiger partial charge in [0.2, 0.25) is 5.91 Å². The highest BCUT2D eigenvalue weighted by molar-refractivity contribution is 5.96. The predicted molar refractivity (Wildman–Crippen MR) is 171 cm³/mol. The molecule has 0 saturated carbocycles. The number of hydrogen-bond donors (Lipinski definition) is 1. The Morgan fingerprint density at radius 3 is 2.26 bits per heavy atom. The van der Waals surface area contributed by atoms with Gasteiger partial charge in [-0.3, -0.25) is 9.59 Å². The maximum atomic E-state index is 13.9. The van der Waals surface area contributed by atoms with E-state index in [2.05, 4.69) is 36.2 Å². The molecule has 0 unspecified atom stereocenters. The van der Waals surface area contributed by atoms with Gasteiger partial charge in [0.15, 0.2) is 0 Å². The molecule has 0 atom stereocenters. The van der Waals surface area contributed by atoms with E-state index in [9.17, 15) is 9.59 Å². The second-order valence-electron chi connectivity index (χ2n) is 11.3. The summed E-state index contributed by atoms with van der Waals surface area (Å²) in [7, 11) is 1.64. The minimum absolute atomic E-state index is 0.0271. The molecule has 1 heterocycles. The van der Waals surface area contributed by atoms with Crippen molar-refractivity contribution in [3.05, 3.63) is 101 Å². The number of hydrogen-bond acceptors (Lipinski definition) is 3.